The Kier molecular flexibility index (Phi) is 2.64. The van der Waals surface area contributed by atoms with E-state index >= 15 is 0 Å². The van der Waals surface area contributed by atoms with E-state index in [1.807, 2.05) is 17.7 Å². The molecule has 0 bridgehead atoms. The number of fused-ring (bicyclic) bond motifs is 1. The highest BCUT2D eigenvalue weighted by Gasteiger charge is 2.09. The third-order valence-electron chi connectivity index (χ3n) is 2.63. The Bertz CT molecular complexity index is 771. The molecule has 0 unspecified atom stereocenters. The van der Waals surface area contributed by atoms with Gasteiger partial charge < -0.3 is 5.73 Å². The summed E-state index contributed by atoms with van der Waals surface area (Å²) in [7, 11) is 0. The van der Waals surface area contributed by atoms with Gasteiger partial charge in [-0.15, -0.1) is 22.7 Å². The molecule has 0 aromatic carbocycles. The maximum atomic E-state index is 12.2. The van der Waals surface area contributed by atoms with Crippen LogP contribution in [0.4, 0.5) is 5.13 Å². The molecule has 0 saturated carbocycles. The Morgan fingerprint density at radius 2 is 2.22 bits per heavy atom. The first kappa shape index (κ1) is 11.4. The number of anilines is 1. The fraction of sp³-hybridized carbons (Fsp3) is 0.182. The number of rotatable bonds is 2. The minimum absolute atomic E-state index is 0.0235. The highest BCUT2D eigenvalue weighted by Crippen LogP contribution is 2.19. The van der Waals surface area contributed by atoms with Crippen LogP contribution in [0.15, 0.2) is 21.9 Å². The van der Waals surface area contributed by atoms with Crippen molar-refractivity contribution >= 4 is 38.0 Å². The van der Waals surface area contributed by atoms with Gasteiger partial charge in [-0.2, -0.15) is 0 Å². The van der Waals surface area contributed by atoms with Crippen LogP contribution in [0.1, 0.15) is 11.3 Å². The van der Waals surface area contributed by atoms with E-state index in [1.54, 1.807) is 10.9 Å². The van der Waals surface area contributed by atoms with Crippen LogP contribution in [-0.4, -0.2) is 14.5 Å². The normalized spacial score (nSPS) is 11.2. The first-order valence-corrected chi connectivity index (χ1v) is 7.04. The standard InChI is InChI=1S/C11H10N4OS2/c1-6-3-17-9-8(6)13-5-15(10(9)16)2-7-4-18-11(12)14-7/h3-5H,2H2,1H3,(H2,12,14). The summed E-state index contributed by atoms with van der Waals surface area (Å²) in [6, 6.07) is 0. The van der Waals surface area contributed by atoms with Gasteiger partial charge in [0, 0.05) is 5.38 Å². The van der Waals surface area contributed by atoms with Crippen LogP contribution in [0.2, 0.25) is 0 Å². The smallest absolute Gasteiger partial charge is 0.271 e. The van der Waals surface area contributed by atoms with Crippen molar-refractivity contribution in [3.05, 3.63) is 38.7 Å². The molecule has 0 aliphatic carbocycles. The third-order valence-corrected chi connectivity index (χ3v) is 4.42. The average Bonchev–Trinajstić information content (AvgIpc) is 2.91. The molecule has 18 heavy (non-hydrogen) atoms. The van der Waals surface area contributed by atoms with Crippen LogP contribution >= 0.6 is 22.7 Å². The zero-order chi connectivity index (χ0) is 12.7. The number of nitrogens with two attached hydrogens (primary N) is 1. The molecule has 0 saturated heterocycles. The highest BCUT2D eigenvalue weighted by molar-refractivity contribution is 7.17. The molecule has 0 fully saturated rings. The summed E-state index contributed by atoms with van der Waals surface area (Å²) in [6.07, 6.45) is 1.57. The minimum Gasteiger partial charge on any atom is -0.375 e. The predicted octanol–water partition coefficient (Wildman–Crippen LogP) is 1.85. The Labute approximate surface area is 111 Å². The zero-order valence-corrected chi connectivity index (χ0v) is 11.2. The second-order valence-electron chi connectivity index (χ2n) is 3.95. The van der Waals surface area contributed by atoms with Gasteiger partial charge in [-0.25, -0.2) is 9.97 Å². The fourth-order valence-electron chi connectivity index (χ4n) is 1.74. The maximum absolute atomic E-state index is 12.2. The quantitative estimate of drug-likeness (QED) is 0.776. The van der Waals surface area contributed by atoms with Crippen LogP contribution in [-0.2, 0) is 6.54 Å². The van der Waals surface area contributed by atoms with E-state index in [0.29, 0.717) is 16.4 Å². The molecule has 3 heterocycles. The van der Waals surface area contributed by atoms with Gasteiger partial charge in [0.1, 0.15) is 4.70 Å². The van der Waals surface area contributed by atoms with Crippen LogP contribution in [0.5, 0.6) is 0 Å². The predicted molar refractivity (Wildman–Crippen MR) is 74.2 cm³/mol. The molecule has 0 amide bonds. The number of thiazole rings is 1. The molecular formula is C11H10N4OS2. The van der Waals surface area contributed by atoms with E-state index in [-0.39, 0.29) is 5.56 Å². The van der Waals surface area contributed by atoms with Gasteiger partial charge >= 0.3 is 0 Å². The highest BCUT2D eigenvalue weighted by atomic mass is 32.1. The number of thiophene rings is 1. The van der Waals surface area contributed by atoms with Crippen molar-refractivity contribution in [3.63, 3.8) is 0 Å². The van der Waals surface area contributed by atoms with Gasteiger partial charge in [-0.1, -0.05) is 0 Å². The molecular weight excluding hydrogens is 268 g/mol. The topological polar surface area (TPSA) is 73.8 Å². The summed E-state index contributed by atoms with van der Waals surface area (Å²) < 4.78 is 2.26. The summed E-state index contributed by atoms with van der Waals surface area (Å²) in [5.74, 6) is 0. The van der Waals surface area contributed by atoms with E-state index in [4.69, 9.17) is 5.73 Å². The van der Waals surface area contributed by atoms with Crippen molar-refractivity contribution in [2.75, 3.05) is 5.73 Å². The SMILES string of the molecule is Cc1csc2c(=O)n(Cc3csc(N)n3)cnc12. The van der Waals surface area contributed by atoms with E-state index in [2.05, 4.69) is 9.97 Å². The largest absolute Gasteiger partial charge is 0.375 e. The van der Waals surface area contributed by atoms with Crippen molar-refractivity contribution in [2.24, 2.45) is 0 Å². The first-order chi connectivity index (χ1) is 8.65. The number of nitrogen functional groups attached to an aromatic ring is 1. The fourth-order valence-corrected chi connectivity index (χ4v) is 3.25. The minimum atomic E-state index is -0.0235. The molecule has 2 N–H and O–H groups in total. The van der Waals surface area contributed by atoms with Crippen LogP contribution in [0.3, 0.4) is 0 Å². The zero-order valence-electron chi connectivity index (χ0n) is 9.58. The van der Waals surface area contributed by atoms with Gasteiger partial charge in [-0.05, 0) is 17.9 Å². The number of nitrogens with zero attached hydrogens (tertiary/aromatic N) is 3. The molecule has 0 atom stereocenters. The molecule has 3 rings (SSSR count). The lowest BCUT2D eigenvalue weighted by Crippen LogP contribution is -2.20. The second-order valence-corrected chi connectivity index (χ2v) is 5.72. The second kappa shape index (κ2) is 4.18. The molecule has 7 heteroatoms. The number of aryl methyl sites for hydroxylation is 1. The van der Waals surface area contributed by atoms with Gasteiger partial charge in [0.15, 0.2) is 5.13 Å². The van der Waals surface area contributed by atoms with Crippen molar-refractivity contribution < 1.29 is 0 Å². The Morgan fingerprint density at radius 3 is 2.94 bits per heavy atom. The van der Waals surface area contributed by atoms with E-state index in [9.17, 15) is 4.79 Å². The summed E-state index contributed by atoms with van der Waals surface area (Å²) >= 11 is 2.80. The van der Waals surface area contributed by atoms with Crippen molar-refractivity contribution in [1.29, 1.82) is 0 Å². The number of hydrogen-bond donors (Lipinski definition) is 1. The lowest BCUT2D eigenvalue weighted by Gasteiger charge is -2.02. The van der Waals surface area contributed by atoms with Crippen molar-refractivity contribution in [3.8, 4) is 0 Å². The molecule has 3 aromatic rings. The monoisotopic (exact) mass is 278 g/mol. The Morgan fingerprint density at radius 1 is 1.39 bits per heavy atom. The molecule has 0 radical (unpaired) electrons. The molecule has 0 aliphatic rings. The van der Waals surface area contributed by atoms with Crippen LogP contribution < -0.4 is 11.3 Å². The summed E-state index contributed by atoms with van der Waals surface area (Å²) in [4.78, 5) is 20.7. The van der Waals surface area contributed by atoms with Gasteiger partial charge in [-0.3, -0.25) is 9.36 Å². The summed E-state index contributed by atoms with van der Waals surface area (Å²) in [5, 5.41) is 4.31. The molecule has 0 aliphatic heterocycles. The number of hydrogen-bond acceptors (Lipinski definition) is 6. The van der Waals surface area contributed by atoms with E-state index in [1.165, 1.54) is 22.7 Å². The lowest BCUT2D eigenvalue weighted by molar-refractivity contribution is 0.736. The molecule has 92 valence electrons. The van der Waals surface area contributed by atoms with E-state index < -0.39 is 0 Å². The van der Waals surface area contributed by atoms with Crippen LogP contribution in [0, 0.1) is 6.92 Å². The Balaban J connectivity index is 2.07. The van der Waals surface area contributed by atoms with Crippen molar-refractivity contribution in [2.45, 2.75) is 13.5 Å². The summed E-state index contributed by atoms with van der Waals surface area (Å²) in [6.45, 7) is 2.36. The van der Waals surface area contributed by atoms with Gasteiger partial charge in [0.05, 0.1) is 24.1 Å². The lowest BCUT2D eigenvalue weighted by atomic mass is 10.3. The molecule has 5 nitrogen and oxygen atoms in total. The third kappa shape index (κ3) is 1.81. The summed E-state index contributed by atoms with van der Waals surface area (Å²) in [5.41, 5.74) is 8.16. The molecule has 0 spiro atoms. The van der Waals surface area contributed by atoms with Crippen molar-refractivity contribution in [1.82, 2.24) is 14.5 Å². The van der Waals surface area contributed by atoms with Gasteiger partial charge in [0.25, 0.3) is 5.56 Å². The Hall–Kier alpha value is -1.73. The van der Waals surface area contributed by atoms with Gasteiger partial charge in [0.2, 0.25) is 0 Å². The molecule has 3 aromatic heterocycles. The maximum Gasteiger partial charge on any atom is 0.271 e. The first-order valence-electron chi connectivity index (χ1n) is 5.28. The number of aromatic nitrogens is 3. The van der Waals surface area contributed by atoms with E-state index in [0.717, 1.165) is 16.8 Å². The van der Waals surface area contributed by atoms with Crippen LogP contribution in [0.25, 0.3) is 10.2 Å². The average molecular weight is 278 g/mol.